The zero-order chi connectivity index (χ0) is 14.7. The second-order valence-electron chi connectivity index (χ2n) is 4.98. The van der Waals surface area contributed by atoms with E-state index in [0.29, 0.717) is 10.7 Å². The molecule has 1 aliphatic heterocycles. The summed E-state index contributed by atoms with van der Waals surface area (Å²) in [5.74, 6) is 0. The fraction of sp³-hybridized carbons (Fsp3) is 0.250. The number of benzene rings is 2. The molecule has 0 spiro atoms. The average Bonchev–Trinajstić information content (AvgIpc) is 2.53. The van der Waals surface area contributed by atoms with Crippen LogP contribution < -0.4 is 16.0 Å². The smallest absolute Gasteiger partial charge is 0.0807 e. The highest BCUT2D eigenvalue weighted by atomic mass is 35.5. The minimum atomic E-state index is 0.618. The minimum Gasteiger partial charge on any atom is -0.397 e. The van der Waals surface area contributed by atoms with Gasteiger partial charge in [0.25, 0.3) is 0 Å². The molecular weight excluding hydrogens is 286 g/mol. The monoisotopic (exact) mass is 303 g/mol. The van der Waals surface area contributed by atoms with Gasteiger partial charge in [-0.25, -0.2) is 0 Å². The molecule has 4 nitrogen and oxygen atoms in total. The maximum Gasteiger partial charge on any atom is 0.0807 e. The first kappa shape index (κ1) is 14.0. The minimum absolute atomic E-state index is 0.618. The van der Waals surface area contributed by atoms with Crippen LogP contribution in [0.3, 0.4) is 0 Å². The van der Waals surface area contributed by atoms with Crippen LogP contribution in [0.4, 0.5) is 22.7 Å². The molecule has 1 saturated heterocycles. The van der Waals surface area contributed by atoms with E-state index in [2.05, 4.69) is 22.3 Å². The molecule has 3 N–H and O–H groups in total. The molecule has 0 amide bonds. The lowest BCUT2D eigenvalue weighted by Crippen LogP contribution is -2.36. The summed E-state index contributed by atoms with van der Waals surface area (Å²) in [5, 5.41) is 3.89. The first-order valence-electron chi connectivity index (χ1n) is 6.98. The summed E-state index contributed by atoms with van der Waals surface area (Å²) in [4.78, 5) is 2.32. The van der Waals surface area contributed by atoms with Crippen molar-refractivity contribution in [3.8, 4) is 0 Å². The van der Waals surface area contributed by atoms with Crippen LogP contribution >= 0.6 is 11.6 Å². The summed E-state index contributed by atoms with van der Waals surface area (Å²) < 4.78 is 5.37. The van der Waals surface area contributed by atoms with E-state index < -0.39 is 0 Å². The van der Waals surface area contributed by atoms with Gasteiger partial charge in [-0.2, -0.15) is 0 Å². The Kier molecular flexibility index (Phi) is 4.18. The number of rotatable bonds is 3. The Labute approximate surface area is 129 Å². The molecule has 1 aliphatic rings. The molecule has 21 heavy (non-hydrogen) atoms. The Hall–Kier alpha value is -1.91. The zero-order valence-corrected chi connectivity index (χ0v) is 12.4. The summed E-state index contributed by atoms with van der Waals surface area (Å²) in [7, 11) is 0. The summed E-state index contributed by atoms with van der Waals surface area (Å²) in [6.07, 6.45) is 0. The highest BCUT2D eigenvalue weighted by molar-refractivity contribution is 6.34. The van der Waals surface area contributed by atoms with Gasteiger partial charge in [0, 0.05) is 24.5 Å². The van der Waals surface area contributed by atoms with Gasteiger partial charge in [0.2, 0.25) is 0 Å². The second-order valence-corrected chi connectivity index (χ2v) is 5.38. The third kappa shape index (κ3) is 3.23. The van der Waals surface area contributed by atoms with Gasteiger partial charge in [-0.3, -0.25) is 0 Å². The molecule has 0 saturated carbocycles. The number of hydrogen-bond acceptors (Lipinski definition) is 4. The van der Waals surface area contributed by atoms with Gasteiger partial charge in [0.1, 0.15) is 0 Å². The van der Waals surface area contributed by atoms with E-state index in [4.69, 9.17) is 22.1 Å². The third-order valence-corrected chi connectivity index (χ3v) is 3.87. The first-order valence-corrected chi connectivity index (χ1v) is 7.35. The average molecular weight is 304 g/mol. The molecule has 0 aliphatic carbocycles. The van der Waals surface area contributed by atoms with Crippen molar-refractivity contribution in [3.63, 3.8) is 0 Å². The standard InChI is InChI=1S/C16H18ClN3O/c17-14-2-1-3-15(18)16(14)19-12-4-6-13(7-5-12)20-8-10-21-11-9-20/h1-7,19H,8-11,18H2. The largest absolute Gasteiger partial charge is 0.397 e. The highest BCUT2D eigenvalue weighted by Crippen LogP contribution is 2.31. The molecular formula is C16H18ClN3O. The molecule has 0 radical (unpaired) electrons. The number of halogens is 1. The van der Waals surface area contributed by atoms with Crippen molar-refractivity contribution in [3.05, 3.63) is 47.5 Å². The van der Waals surface area contributed by atoms with Crippen LogP contribution in [0.2, 0.25) is 5.02 Å². The van der Waals surface area contributed by atoms with Crippen molar-refractivity contribution in [1.29, 1.82) is 0 Å². The van der Waals surface area contributed by atoms with E-state index in [1.54, 1.807) is 0 Å². The van der Waals surface area contributed by atoms with Crippen molar-refractivity contribution in [2.45, 2.75) is 0 Å². The Morgan fingerprint density at radius 1 is 1.05 bits per heavy atom. The molecule has 3 rings (SSSR count). The first-order chi connectivity index (χ1) is 10.2. The van der Waals surface area contributed by atoms with Gasteiger partial charge in [-0.05, 0) is 36.4 Å². The SMILES string of the molecule is Nc1cccc(Cl)c1Nc1ccc(N2CCOCC2)cc1. The summed E-state index contributed by atoms with van der Waals surface area (Å²) in [6, 6.07) is 13.8. The number of anilines is 4. The van der Waals surface area contributed by atoms with Crippen molar-refractivity contribution in [2.24, 2.45) is 0 Å². The summed E-state index contributed by atoms with van der Waals surface area (Å²) in [5.41, 5.74) is 9.50. The maximum absolute atomic E-state index is 6.17. The predicted octanol–water partition coefficient (Wildman–Crippen LogP) is 3.50. The van der Waals surface area contributed by atoms with E-state index in [0.717, 1.165) is 37.7 Å². The quantitative estimate of drug-likeness (QED) is 0.852. The molecule has 0 aromatic heterocycles. The van der Waals surface area contributed by atoms with Gasteiger partial charge >= 0.3 is 0 Å². The summed E-state index contributed by atoms with van der Waals surface area (Å²) >= 11 is 6.17. The summed E-state index contributed by atoms with van der Waals surface area (Å²) in [6.45, 7) is 3.45. The number of hydrogen-bond donors (Lipinski definition) is 2. The van der Waals surface area contributed by atoms with Crippen molar-refractivity contribution in [1.82, 2.24) is 0 Å². The van der Waals surface area contributed by atoms with Crippen LogP contribution in [0.25, 0.3) is 0 Å². The number of para-hydroxylation sites is 1. The highest BCUT2D eigenvalue weighted by Gasteiger charge is 2.11. The molecule has 0 bridgehead atoms. The number of nitrogens with zero attached hydrogens (tertiary/aromatic N) is 1. The normalized spacial score (nSPS) is 15.0. The number of nitrogens with two attached hydrogens (primary N) is 1. The van der Waals surface area contributed by atoms with Gasteiger partial charge in [-0.15, -0.1) is 0 Å². The van der Waals surface area contributed by atoms with Crippen molar-refractivity contribution >= 4 is 34.4 Å². The molecule has 0 unspecified atom stereocenters. The Bertz CT molecular complexity index is 589. The lowest BCUT2D eigenvalue weighted by Gasteiger charge is -2.29. The van der Waals surface area contributed by atoms with Crippen LogP contribution in [0.5, 0.6) is 0 Å². The van der Waals surface area contributed by atoms with Crippen LogP contribution in [-0.4, -0.2) is 26.3 Å². The Morgan fingerprint density at radius 3 is 2.43 bits per heavy atom. The Morgan fingerprint density at radius 2 is 1.76 bits per heavy atom. The number of morpholine rings is 1. The number of nitrogen functional groups attached to an aromatic ring is 1. The molecule has 0 atom stereocenters. The van der Waals surface area contributed by atoms with Gasteiger partial charge < -0.3 is 20.7 Å². The van der Waals surface area contributed by atoms with Crippen LogP contribution in [0.15, 0.2) is 42.5 Å². The van der Waals surface area contributed by atoms with E-state index >= 15 is 0 Å². The molecule has 1 fully saturated rings. The van der Waals surface area contributed by atoms with E-state index in [1.165, 1.54) is 5.69 Å². The van der Waals surface area contributed by atoms with Crippen LogP contribution in [0, 0.1) is 0 Å². The topological polar surface area (TPSA) is 50.5 Å². The zero-order valence-electron chi connectivity index (χ0n) is 11.7. The molecule has 5 heteroatoms. The van der Waals surface area contributed by atoms with Crippen LogP contribution in [-0.2, 0) is 4.74 Å². The van der Waals surface area contributed by atoms with Crippen molar-refractivity contribution in [2.75, 3.05) is 42.3 Å². The van der Waals surface area contributed by atoms with Crippen LogP contribution in [0.1, 0.15) is 0 Å². The third-order valence-electron chi connectivity index (χ3n) is 3.56. The van der Waals surface area contributed by atoms with Gasteiger partial charge in [-0.1, -0.05) is 17.7 Å². The lowest BCUT2D eigenvalue weighted by atomic mass is 10.2. The molecule has 1 heterocycles. The predicted molar refractivity (Wildman–Crippen MR) is 88.6 cm³/mol. The molecule has 2 aromatic carbocycles. The van der Waals surface area contributed by atoms with E-state index in [9.17, 15) is 0 Å². The van der Waals surface area contributed by atoms with Gasteiger partial charge in [0.05, 0.1) is 29.6 Å². The Balaban J connectivity index is 1.75. The van der Waals surface area contributed by atoms with E-state index in [1.807, 2.05) is 30.3 Å². The fourth-order valence-electron chi connectivity index (χ4n) is 2.39. The van der Waals surface area contributed by atoms with Gasteiger partial charge in [0.15, 0.2) is 0 Å². The maximum atomic E-state index is 6.17. The molecule has 2 aromatic rings. The molecule has 110 valence electrons. The fourth-order valence-corrected chi connectivity index (χ4v) is 2.62. The van der Waals surface area contributed by atoms with E-state index in [-0.39, 0.29) is 0 Å². The lowest BCUT2D eigenvalue weighted by molar-refractivity contribution is 0.122. The second kappa shape index (κ2) is 6.24. The van der Waals surface area contributed by atoms with Crippen molar-refractivity contribution < 1.29 is 4.74 Å². The number of nitrogens with one attached hydrogen (secondary N) is 1. The number of ether oxygens (including phenoxy) is 1.